The summed E-state index contributed by atoms with van der Waals surface area (Å²) in [5.41, 5.74) is -1.43. The maximum atomic E-state index is 12.6. The monoisotopic (exact) mass is 662 g/mol. The fourth-order valence-corrected chi connectivity index (χ4v) is 3.18. The van der Waals surface area contributed by atoms with Gasteiger partial charge in [-0.2, -0.15) is 26.3 Å². The van der Waals surface area contributed by atoms with E-state index in [0.29, 0.717) is 0 Å². The van der Waals surface area contributed by atoms with Crippen molar-refractivity contribution in [1.82, 2.24) is 9.97 Å². The second kappa shape index (κ2) is 17.8. The second-order valence-electron chi connectivity index (χ2n) is 8.43. The molecule has 0 radical (unpaired) electrons. The molecule has 10 nitrogen and oxygen atoms in total. The van der Waals surface area contributed by atoms with Crippen molar-refractivity contribution in [3.8, 4) is 11.5 Å². The molecule has 4 rings (SSSR count). The van der Waals surface area contributed by atoms with E-state index in [9.17, 15) is 40.7 Å². The SMILES string of the molecule is C.CC(=O)Oc1ccc(C(=O)Nc2cc(C(F)(F)F)ccn2)cc1.O=C(Nc1cc(C(F)(F)F)ccn1)c1ccc(O)cc1.[Na+].[OH-]. The Bertz CT molecular complexity index is 1600. The molecule has 46 heavy (non-hydrogen) atoms. The van der Waals surface area contributed by atoms with Crippen molar-refractivity contribution in [2.45, 2.75) is 26.7 Å². The maximum absolute atomic E-state index is 12.6. The minimum atomic E-state index is -4.52. The Morgan fingerprint density at radius 2 is 1.07 bits per heavy atom. The Kier molecular flexibility index (Phi) is 16.1. The summed E-state index contributed by atoms with van der Waals surface area (Å²) in [5, 5.41) is 13.6. The van der Waals surface area contributed by atoms with Crippen molar-refractivity contribution in [1.29, 1.82) is 0 Å². The predicted octanol–water partition coefficient (Wildman–Crippen LogP) is 3.80. The zero-order chi connectivity index (χ0) is 31.8. The van der Waals surface area contributed by atoms with Gasteiger partial charge in [0.25, 0.3) is 11.8 Å². The number of benzene rings is 2. The second-order valence-corrected chi connectivity index (χ2v) is 8.43. The van der Waals surface area contributed by atoms with Gasteiger partial charge in [-0.25, -0.2) is 9.97 Å². The number of halogens is 6. The van der Waals surface area contributed by atoms with E-state index >= 15 is 0 Å². The topological polar surface area (TPSA) is 161 Å². The summed E-state index contributed by atoms with van der Waals surface area (Å²) >= 11 is 0. The number of esters is 1. The van der Waals surface area contributed by atoms with Gasteiger partial charge >= 0.3 is 47.9 Å². The molecular weight excluding hydrogens is 637 g/mol. The van der Waals surface area contributed by atoms with Gasteiger partial charge in [0.05, 0.1) is 11.1 Å². The summed E-state index contributed by atoms with van der Waals surface area (Å²) in [7, 11) is 0. The van der Waals surface area contributed by atoms with E-state index in [2.05, 4.69) is 20.6 Å². The van der Waals surface area contributed by atoms with Crippen LogP contribution >= 0.6 is 0 Å². The number of phenols is 1. The number of nitrogens with one attached hydrogen (secondary N) is 2. The first-order chi connectivity index (χ1) is 20.1. The van der Waals surface area contributed by atoms with E-state index in [4.69, 9.17) is 9.84 Å². The van der Waals surface area contributed by atoms with Gasteiger partial charge in [0, 0.05) is 30.4 Å². The van der Waals surface area contributed by atoms with Gasteiger partial charge < -0.3 is 26.0 Å². The number of hydrogen-bond acceptors (Lipinski definition) is 8. The van der Waals surface area contributed by atoms with Crippen LogP contribution < -0.4 is 44.9 Å². The Balaban J connectivity index is 0.000000833. The molecule has 0 fully saturated rings. The number of hydrogen-bond donors (Lipinski definition) is 3. The summed E-state index contributed by atoms with van der Waals surface area (Å²) in [5.74, 6) is -1.92. The number of aromatic nitrogens is 2. The number of pyridine rings is 2. The number of alkyl halides is 6. The molecule has 0 spiro atoms. The third kappa shape index (κ3) is 12.8. The maximum Gasteiger partial charge on any atom is 1.00 e. The van der Waals surface area contributed by atoms with Crippen molar-refractivity contribution in [2.24, 2.45) is 0 Å². The largest absolute Gasteiger partial charge is 1.00 e. The molecule has 4 N–H and O–H groups in total. The zero-order valence-corrected chi connectivity index (χ0v) is 25.3. The molecule has 2 heterocycles. The number of anilines is 2. The molecule has 0 bridgehead atoms. The van der Waals surface area contributed by atoms with Gasteiger partial charge in [0.1, 0.15) is 23.1 Å². The molecule has 0 aliphatic carbocycles. The summed E-state index contributed by atoms with van der Waals surface area (Å²) in [6, 6.07) is 14.0. The first-order valence-electron chi connectivity index (χ1n) is 11.9. The molecule has 0 aliphatic heterocycles. The van der Waals surface area contributed by atoms with Crippen LogP contribution in [0, 0.1) is 0 Å². The van der Waals surface area contributed by atoms with E-state index in [1.807, 2.05) is 0 Å². The Labute approximate surface area is 280 Å². The van der Waals surface area contributed by atoms with Crippen LogP contribution in [0.4, 0.5) is 38.0 Å². The zero-order valence-electron chi connectivity index (χ0n) is 23.3. The van der Waals surface area contributed by atoms with Crippen LogP contribution in [0.1, 0.15) is 46.2 Å². The molecule has 2 aromatic carbocycles. The average Bonchev–Trinajstić information content (AvgIpc) is 2.93. The van der Waals surface area contributed by atoms with E-state index < -0.39 is 41.3 Å². The molecule has 17 heteroatoms. The number of carbonyl (C=O) groups excluding carboxylic acids is 3. The molecule has 4 aromatic rings. The molecule has 2 aromatic heterocycles. The van der Waals surface area contributed by atoms with E-state index in [1.54, 1.807) is 0 Å². The smallest absolute Gasteiger partial charge is 0.870 e. The number of carbonyl (C=O) groups is 3. The normalized spacial score (nSPS) is 10.3. The molecule has 2 amide bonds. The molecule has 0 atom stereocenters. The number of nitrogens with zero attached hydrogens (tertiary/aromatic N) is 2. The third-order valence-corrected chi connectivity index (χ3v) is 5.17. The van der Waals surface area contributed by atoms with Crippen molar-refractivity contribution in [3.05, 3.63) is 107 Å². The van der Waals surface area contributed by atoms with Crippen LogP contribution in [-0.2, 0) is 17.1 Å². The van der Waals surface area contributed by atoms with Crippen LogP contribution in [0.2, 0.25) is 0 Å². The minimum Gasteiger partial charge on any atom is -0.870 e. The minimum absolute atomic E-state index is 0. The van der Waals surface area contributed by atoms with Gasteiger partial charge in [-0.3, -0.25) is 14.4 Å². The summed E-state index contributed by atoms with van der Waals surface area (Å²) in [6.45, 7) is 1.24. The number of phenolic OH excluding ortho intramolecular Hbond substituents is 1. The summed E-state index contributed by atoms with van der Waals surface area (Å²) in [6.07, 6.45) is -7.09. The molecule has 0 aliphatic rings. The Hall–Kier alpha value is -4.51. The van der Waals surface area contributed by atoms with Crippen molar-refractivity contribution < 1.29 is 85.6 Å². The van der Waals surface area contributed by atoms with E-state index in [0.717, 1.165) is 36.7 Å². The van der Waals surface area contributed by atoms with Gasteiger partial charge in [0.15, 0.2) is 0 Å². The number of rotatable bonds is 5. The summed E-state index contributed by atoms with van der Waals surface area (Å²) in [4.78, 5) is 41.9. The molecule has 0 saturated heterocycles. The fourth-order valence-electron chi connectivity index (χ4n) is 3.18. The molecule has 240 valence electrons. The number of aromatic hydroxyl groups is 1. The fraction of sp³-hybridized carbons (Fsp3) is 0.138. The Morgan fingerprint density at radius 1 is 0.696 bits per heavy atom. The molecule has 0 saturated carbocycles. The predicted molar refractivity (Wildman–Crippen MR) is 149 cm³/mol. The number of ether oxygens (including phenoxy) is 1. The van der Waals surface area contributed by atoms with E-state index in [-0.39, 0.29) is 76.7 Å². The first kappa shape index (κ1) is 41.5. The third-order valence-electron chi connectivity index (χ3n) is 5.17. The average molecular weight is 663 g/mol. The van der Waals surface area contributed by atoms with Crippen molar-refractivity contribution >= 4 is 29.4 Å². The van der Waals surface area contributed by atoms with Gasteiger partial charge in [0.2, 0.25) is 0 Å². The van der Waals surface area contributed by atoms with Crippen LogP contribution in [-0.4, -0.2) is 38.3 Å². The van der Waals surface area contributed by atoms with Crippen molar-refractivity contribution in [2.75, 3.05) is 10.6 Å². The number of amides is 2. The summed E-state index contributed by atoms with van der Waals surface area (Å²) < 4.78 is 80.1. The quantitative estimate of drug-likeness (QED) is 0.126. The first-order valence-corrected chi connectivity index (χ1v) is 11.9. The standard InChI is InChI=1S/C15H11F3N2O3.C13H9F3N2O2.CH4.Na.H2O/c1-9(21)23-12-4-2-10(3-5-12)14(22)20-13-8-11(6-7-19-13)15(16,17)18;14-13(15,16)9-5-6-17-11(7-9)18-12(20)8-1-3-10(19)4-2-8;;;/h2-8H,1H3,(H,19,20,22);1-7,19H,(H,17,18,20);1H4;;1H2/q;;;+1;/p-1. The van der Waals surface area contributed by atoms with Crippen LogP contribution in [0.15, 0.2) is 85.2 Å². The van der Waals surface area contributed by atoms with Gasteiger partial charge in [-0.05, 0) is 72.8 Å². The van der Waals surface area contributed by atoms with E-state index in [1.165, 1.54) is 55.5 Å². The Morgan fingerprint density at radius 3 is 1.41 bits per heavy atom. The van der Waals surface area contributed by atoms with Crippen LogP contribution in [0.25, 0.3) is 0 Å². The van der Waals surface area contributed by atoms with Gasteiger partial charge in [-0.1, -0.05) is 7.43 Å². The van der Waals surface area contributed by atoms with Crippen molar-refractivity contribution in [3.63, 3.8) is 0 Å². The van der Waals surface area contributed by atoms with Crippen LogP contribution in [0.3, 0.4) is 0 Å². The molecule has 0 unspecified atom stereocenters. The van der Waals surface area contributed by atoms with Crippen LogP contribution in [0.5, 0.6) is 11.5 Å². The van der Waals surface area contributed by atoms with Gasteiger partial charge in [-0.15, -0.1) is 0 Å². The molecular formula is C29H25F6N4NaO6.